The second kappa shape index (κ2) is 5.95. The monoisotopic (exact) mass is 284 g/mol. The SMILES string of the molecule is CNc1cnc(N2CCN(c3ccc(C)cn3)CC2)nc1. The third kappa shape index (κ3) is 3.04. The van der Waals surface area contributed by atoms with Gasteiger partial charge in [-0.2, -0.15) is 0 Å². The molecule has 3 heterocycles. The Labute approximate surface area is 124 Å². The normalized spacial score (nSPS) is 15.1. The summed E-state index contributed by atoms with van der Waals surface area (Å²) in [4.78, 5) is 17.8. The quantitative estimate of drug-likeness (QED) is 0.923. The lowest BCUT2D eigenvalue weighted by molar-refractivity contribution is 0.634. The number of anilines is 3. The smallest absolute Gasteiger partial charge is 0.225 e. The zero-order valence-corrected chi connectivity index (χ0v) is 12.5. The molecule has 0 aromatic carbocycles. The molecule has 0 aliphatic carbocycles. The summed E-state index contributed by atoms with van der Waals surface area (Å²) in [5.41, 5.74) is 2.12. The van der Waals surface area contributed by atoms with Gasteiger partial charge in [0.2, 0.25) is 5.95 Å². The number of rotatable bonds is 3. The van der Waals surface area contributed by atoms with Crippen LogP contribution >= 0.6 is 0 Å². The summed E-state index contributed by atoms with van der Waals surface area (Å²) in [6.07, 6.45) is 5.55. The summed E-state index contributed by atoms with van der Waals surface area (Å²) >= 11 is 0. The van der Waals surface area contributed by atoms with Crippen molar-refractivity contribution >= 4 is 17.5 Å². The van der Waals surface area contributed by atoms with Gasteiger partial charge in [-0.1, -0.05) is 6.07 Å². The Kier molecular flexibility index (Phi) is 3.85. The molecule has 0 saturated carbocycles. The van der Waals surface area contributed by atoms with Gasteiger partial charge in [0.15, 0.2) is 0 Å². The van der Waals surface area contributed by atoms with Crippen LogP contribution in [0.1, 0.15) is 5.56 Å². The maximum atomic E-state index is 4.49. The van der Waals surface area contributed by atoms with Crippen LogP contribution in [-0.4, -0.2) is 48.2 Å². The van der Waals surface area contributed by atoms with Gasteiger partial charge in [-0.15, -0.1) is 0 Å². The maximum absolute atomic E-state index is 4.49. The standard InChI is InChI=1S/C15H20N6/c1-12-3-4-14(17-9-12)20-5-7-21(8-6-20)15-18-10-13(16-2)11-19-15/h3-4,9-11,16H,5-8H2,1-2H3. The average Bonchev–Trinajstić information content (AvgIpc) is 2.56. The molecular weight excluding hydrogens is 264 g/mol. The fraction of sp³-hybridized carbons (Fsp3) is 0.400. The average molecular weight is 284 g/mol. The van der Waals surface area contributed by atoms with Gasteiger partial charge < -0.3 is 15.1 Å². The Hall–Kier alpha value is -2.37. The number of aromatic nitrogens is 3. The van der Waals surface area contributed by atoms with Crippen molar-refractivity contribution in [3.05, 3.63) is 36.3 Å². The van der Waals surface area contributed by atoms with E-state index in [-0.39, 0.29) is 0 Å². The van der Waals surface area contributed by atoms with Crippen LogP contribution in [0, 0.1) is 6.92 Å². The highest BCUT2D eigenvalue weighted by Crippen LogP contribution is 2.17. The molecule has 21 heavy (non-hydrogen) atoms. The van der Waals surface area contributed by atoms with Crippen LogP contribution in [0.2, 0.25) is 0 Å². The molecule has 1 saturated heterocycles. The van der Waals surface area contributed by atoms with Gasteiger partial charge in [0.25, 0.3) is 0 Å². The third-order valence-electron chi connectivity index (χ3n) is 3.71. The van der Waals surface area contributed by atoms with Gasteiger partial charge in [0, 0.05) is 39.4 Å². The number of pyridine rings is 1. The van der Waals surface area contributed by atoms with E-state index in [9.17, 15) is 0 Å². The van der Waals surface area contributed by atoms with Gasteiger partial charge in [-0.25, -0.2) is 15.0 Å². The van der Waals surface area contributed by atoms with E-state index in [4.69, 9.17) is 0 Å². The predicted molar refractivity (Wildman–Crippen MR) is 85.0 cm³/mol. The van der Waals surface area contributed by atoms with E-state index in [1.54, 1.807) is 0 Å². The molecule has 1 aliphatic rings. The Morgan fingerprint density at radius 3 is 2.14 bits per heavy atom. The highest BCUT2D eigenvalue weighted by molar-refractivity contribution is 5.45. The lowest BCUT2D eigenvalue weighted by atomic mass is 10.3. The first kappa shape index (κ1) is 13.6. The Balaban J connectivity index is 1.62. The molecule has 1 N–H and O–H groups in total. The molecule has 1 fully saturated rings. The van der Waals surface area contributed by atoms with Crippen molar-refractivity contribution in [2.45, 2.75) is 6.92 Å². The molecular formula is C15H20N6. The third-order valence-corrected chi connectivity index (χ3v) is 3.71. The van der Waals surface area contributed by atoms with Crippen LogP contribution in [0.25, 0.3) is 0 Å². The van der Waals surface area contributed by atoms with E-state index in [0.717, 1.165) is 43.6 Å². The molecule has 0 radical (unpaired) electrons. The highest BCUT2D eigenvalue weighted by Gasteiger charge is 2.19. The van der Waals surface area contributed by atoms with Crippen LogP contribution < -0.4 is 15.1 Å². The van der Waals surface area contributed by atoms with Crippen LogP contribution in [0.3, 0.4) is 0 Å². The molecule has 6 heteroatoms. The Morgan fingerprint density at radius 2 is 1.57 bits per heavy atom. The van der Waals surface area contributed by atoms with E-state index < -0.39 is 0 Å². The Bertz CT molecular complexity index is 572. The van der Waals surface area contributed by atoms with Crippen molar-refractivity contribution in [1.82, 2.24) is 15.0 Å². The number of hydrogen-bond acceptors (Lipinski definition) is 6. The van der Waals surface area contributed by atoms with E-state index >= 15 is 0 Å². The van der Waals surface area contributed by atoms with Crippen LogP contribution in [0.5, 0.6) is 0 Å². The number of nitrogens with one attached hydrogen (secondary N) is 1. The number of nitrogens with zero attached hydrogens (tertiary/aromatic N) is 5. The van der Waals surface area contributed by atoms with Crippen LogP contribution in [0.15, 0.2) is 30.7 Å². The minimum atomic E-state index is 0.797. The molecule has 0 unspecified atom stereocenters. The summed E-state index contributed by atoms with van der Waals surface area (Å²) in [5, 5.41) is 3.03. The van der Waals surface area contributed by atoms with E-state index in [0.29, 0.717) is 0 Å². The molecule has 0 bridgehead atoms. The lowest BCUT2D eigenvalue weighted by Gasteiger charge is -2.35. The second-order valence-electron chi connectivity index (χ2n) is 5.19. The second-order valence-corrected chi connectivity index (χ2v) is 5.19. The zero-order chi connectivity index (χ0) is 14.7. The van der Waals surface area contributed by atoms with Gasteiger partial charge in [-0.3, -0.25) is 0 Å². The minimum absolute atomic E-state index is 0.797. The fourth-order valence-electron chi connectivity index (χ4n) is 2.40. The molecule has 2 aromatic rings. The summed E-state index contributed by atoms with van der Waals surface area (Å²) < 4.78 is 0. The number of piperazine rings is 1. The van der Waals surface area contributed by atoms with Crippen molar-refractivity contribution in [1.29, 1.82) is 0 Å². The summed E-state index contributed by atoms with van der Waals surface area (Å²) in [6.45, 7) is 5.75. The molecule has 0 atom stereocenters. The molecule has 2 aromatic heterocycles. The fourth-order valence-corrected chi connectivity index (χ4v) is 2.40. The highest BCUT2D eigenvalue weighted by atomic mass is 15.3. The molecule has 0 spiro atoms. The largest absolute Gasteiger partial charge is 0.386 e. The zero-order valence-electron chi connectivity index (χ0n) is 12.5. The Morgan fingerprint density at radius 1 is 0.905 bits per heavy atom. The molecule has 6 nitrogen and oxygen atoms in total. The van der Waals surface area contributed by atoms with Gasteiger partial charge >= 0.3 is 0 Å². The van der Waals surface area contributed by atoms with Gasteiger partial charge in [0.1, 0.15) is 5.82 Å². The van der Waals surface area contributed by atoms with Crippen molar-refractivity contribution < 1.29 is 0 Å². The number of aryl methyl sites for hydroxylation is 1. The summed E-state index contributed by atoms with van der Waals surface area (Å²) in [6, 6.07) is 4.19. The van der Waals surface area contributed by atoms with Crippen LogP contribution in [0.4, 0.5) is 17.5 Å². The van der Waals surface area contributed by atoms with Crippen LogP contribution in [-0.2, 0) is 0 Å². The first-order valence-corrected chi connectivity index (χ1v) is 7.18. The molecule has 1 aliphatic heterocycles. The van der Waals surface area contributed by atoms with Crippen molar-refractivity contribution in [2.75, 3.05) is 48.3 Å². The van der Waals surface area contributed by atoms with E-state index in [1.807, 2.05) is 25.6 Å². The van der Waals surface area contributed by atoms with Crippen molar-refractivity contribution in [3.8, 4) is 0 Å². The predicted octanol–water partition coefficient (Wildman–Crippen LogP) is 1.55. The minimum Gasteiger partial charge on any atom is -0.386 e. The topological polar surface area (TPSA) is 57.2 Å². The first-order chi connectivity index (χ1) is 10.3. The van der Waals surface area contributed by atoms with Gasteiger partial charge in [0.05, 0.1) is 18.1 Å². The lowest BCUT2D eigenvalue weighted by Crippen LogP contribution is -2.47. The molecule has 3 rings (SSSR count). The van der Waals surface area contributed by atoms with E-state index in [1.165, 1.54) is 5.56 Å². The first-order valence-electron chi connectivity index (χ1n) is 7.18. The van der Waals surface area contributed by atoms with E-state index in [2.05, 4.69) is 49.1 Å². The summed E-state index contributed by atoms with van der Waals surface area (Å²) in [7, 11) is 1.87. The number of hydrogen-bond donors (Lipinski definition) is 1. The molecule has 110 valence electrons. The van der Waals surface area contributed by atoms with Gasteiger partial charge in [-0.05, 0) is 18.6 Å². The molecule has 0 amide bonds. The summed E-state index contributed by atoms with van der Waals surface area (Å²) in [5.74, 6) is 1.84. The maximum Gasteiger partial charge on any atom is 0.225 e. The van der Waals surface area contributed by atoms with Crippen molar-refractivity contribution in [2.24, 2.45) is 0 Å². The van der Waals surface area contributed by atoms with Crippen molar-refractivity contribution in [3.63, 3.8) is 0 Å².